The van der Waals surface area contributed by atoms with Crippen LogP contribution in [-0.2, 0) is 0 Å². The van der Waals surface area contributed by atoms with Crippen LogP contribution in [0.1, 0.15) is 41.1 Å². The maximum absolute atomic E-state index is 11.7. The Bertz CT molecular complexity index is 684. The van der Waals surface area contributed by atoms with Crippen molar-refractivity contribution in [3.05, 3.63) is 45.7 Å². The third-order valence-electron chi connectivity index (χ3n) is 3.71. The molecule has 1 amide bonds. The maximum Gasteiger partial charge on any atom is 0.261 e. The Labute approximate surface area is 104 Å². The Balaban J connectivity index is 2.14. The second-order valence-electron chi connectivity index (χ2n) is 4.85. The fraction of sp³-hybridized carbons (Fsp3) is 0.286. The standard InChI is InChI=1S/C14H14N2O2/c15-13(17)11-6-10-5-4-9(8-2-1-3-8)7-12(10)16-14(11)18/h4-8H,1-3H2,(H2,15,17)(H,16,18). The number of pyridine rings is 1. The van der Waals surface area contributed by atoms with Gasteiger partial charge in [0, 0.05) is 5.52 Å². The van der Waals surface area contributed by atoms with E-state index in [1.807, 2.05) is 12.1 Å². The monoisotopic (exact) mass is 242 g/mol. The van der Waals surface area contributed by atoms with Crippen LogP contribution in [0.2, 0.25) is 0 Å². The van der Waals surface area contributed by atoms with Crippen LogP contribution in [0.4, 0.5) is 0 Å². The highest BCUT2D eigenvalue weighted by Gasteiger charge is 2.19. The minimum absolute atomic E-state index is 0.0129. The molecule has 3 N–H and O–H groups in total. The Morgan fingerprint density at radius 1 is 1.28 bits per heavy atom. The summed E-state index contributed by atoms with van der Waals surface area (Å²) in [6.45, 7) is 0. The number of hydrogen-bond donors (Lipinski definition) is 2. The lowest BCUT2D eigenvalue weighted by atomic mass is 9.80. The van der Waals surface area contributed by atoms with Gasteiger partial charge in [-0.2, -0.15) is 0 Å². The molecule has 3 rings (SSSR count). The van der Waals surface area contributed by atoms with Gasteiger partial charge in [-0.15, -0.1) is 0 Å². The third kappa shape index (κ3) is 1.70. The van der Waals surface area contributed by atoms with Crippen molar-refractivity contribution >= 4 is 16.8 Å². The number of carbonyl (C=O) groups is 1. The molecule has 1 heterocycles. The number of primary amides is 1. The molecule has 0 saturated heterocycles. The molecule has 1 aliphatic rings. The Kier molecular flexibility index (Phi) is 2.44. The number of aromatic amines is 1. The number of rotatable bonds is 2. The highest BCUT2D eigenvalue weighted by atomic mass is 16.2. The Hall–Kier alpha value is -2.10. The summed E-state index contributed by atoms with van der Waals surface area (Å²) < 4.78 is 0. The molecule has 1 fully saturated rings. The lowest BCUT2D eigenvalue weighted by molar-refractivity contribution is 0.0999. The van der Waals surface area contributed by atoms with Gasteiger partial charge in [-0.05, 0) is 41.8 Å². The van der Waals surface area contributed by atoms with Crippen molar-refractivity contribution in [2.45, 2.75) is 25.2 Å². The molecule has 18 heavy (non-hydrogen) atoms. The highest BCUT2D eigenvalue weighted by molar-refractivity contribution is 5.96. The summed E-state index contributed by atoms with van der Waals surface area (Å²) >= 11 is 0. The van der Waals surface area contributed by atoms with E-state index in [9.17, 15) is 9.59 Å². The first-order valence-electron chi connectivity index (χ1n) is 6.12. The molecule has 1 saturated carbocycles. The average molecular weight is 242 g/mol. The molecule has 4 heteroatoms. The zero-order valence-electron chi connectivity index (χ0n) is 9.90. The molecule has 4 nitrogen and oxygen atoms in total. The van der Waals surface area contributed by atoms with Gasteiger partial charge in [-0.3, -0.25) is 9.59 Å². The van der Waals surface area contributed by atoms with Crippen molar-refractivity contribution in [2.24, 2.45) is 5.73 Å². The predicted molar refractivity (Wildman–Crippen MR) is 69.7 cm³/mol. The number of nitrogens with one attached hydrogen (secondary N) is 1. The minimum atomic E-state index is -0.693. The van der Waals surface area contributed by atoms with Gasteiger partial charge in [-0.25, -0.2) is 0 Å². The van der Waals surface area contributed by atoms with Crippen molar-refractivity contribution in [3.63, 3.8) is 0 Å². The lowest BCUT2D eigenvalue weighted by Crippen LogP contribution is -2.23. The molecule has 0 atom stereocenters. The number of amides is 1. The summed E-state index contributed by atoms with van der Waals surface area (Å²) in [4.78, 5) is 25.5. The van der Waals surface area contributed by atoms with Crippen molar-refractivity contribution in [3.8, 4) is 0 Å². The van der Waals surface area contributed by atoms with Gasteiger partial charge in [0.15, 0.2) is 0 Å². The van der Waals surface area contributed by atoms with E-state index >= 15 is 0 Å². The molecule has 92 valence electrons. The Morgan fingerprint density at radius 3 is 2.67 bits per heavy atom. The first kappa shape index (κ1) is 11.0. The molecular formula is C14H14N2O2. The zero-order chi connectivity index (χ0) is 12.7. The van der Waals surface area contributed by atoms with E-state index in [2.05, 4.69) is 11.1 Å². The molecule has 1 aromatic carbocycles. The first-order valence-corrected chi connectivity index (χ1v) is 6.12. The van der Waals surface area contributed by atoms with Crippen molar-refractivity contribution in [2.75, 3.05) is 0 Å². The van der Waals surface area contributed by atoms with Crippen LogP contribution in [0.5, 0.6) is 0 Å². The van der Waals surface area contributed by atoms with Crippen LogP contribution in [0, 0.1) is 0 Å². The molecule has 0 radical (unpaired) electrons. The van der Waals surface area contributed by atoms with Crippen molar-refractivity contribution < 1.29 is 4.79 Å². The number of aromatic nitrogens is 1. The third-order valence-corrected chi connectivity index (χ3v) is 3.71. The fourth-order valence-corrected chi connectivity index (χ4v) is 2.40. The van der Waals surface area contributed by atoms with Gasteiger partial charge >= 0.3 is 0 Å². The topological polar surface area (TPSA) is 76.0 Å². The van der Waals surface area contributed by atoms with E-state index in [-0.39, 0.29) is 5.56 Å². The second-order valence-corrected chi connectivity index (χ2v) is 4.85. The van der Waals surface area contributed by atoms with Crippen LogP contribution in [0.25, 0.3) is 10.9 Å². The van der Waals surface area contributed by atoms with Crippen molar-refractivity contribution in [1.82, 2.24) is 4.98 Å². The molecule has 0 unspecified atom stereocenters. The van der Waals surface area contributed by atoms with E-state index in [0.29, 0.717) is 5.92 Å². The maximum atomic E-state index is 11.7. The number of benzene rings is 1. The van der Waals surface area contributed by atoms with Crippen LogP contribution in [-0.4, -0.2) is 10.9 Å². The first-order chi connectivity index (χ1) is 8.65. The molecular weight excluding hydrogens is 228 g/mol. The Morgan fingerprint density at radius 2 is 2.06 bits per heavy atom. The summed E-state index contributed by atoms with van der Waals surface area (Å²) in [5, 5.41) is 0.839. The summed E-state index contributed by atoms with van der Waals surface area (Å²) in [5.41, 5.74) is 6.79. The smallest absolute Gasteiger partial charge is 0.261 e. The van der Waals surface area contributed by atoms with Crippen LogP contribution < -0.4 is 11.3 Å². The molecule has 0 bridgehead atoms. The number of carbonyl (C=O) groups excluding carboxylic acids is 1. The van der Waals surface area contributed by atoms with Crippen LogP contribution >= 0.6 is 0 Å². The normalized spacial score (nSPS) is 15.6. The second kappa shape index (κ2) is 3.98. The predicted octanol–water partition coefficient (Wildman–Crippen LogP) is 1.89. The largest absolute Gasteiger partial charge is 0.365 e. The van der Waals surface area contributed by atoms with E-state index in [1.54, 1.807) is 6.07 Å². The SMILES string of the molecule is NC(=O)c1cc2ccc(C3CCC3)cc2[nH]c1=O. The van der Waals surface area contributed by atoms with E-state index in [1.165, 1.54) is 24.8 Å². The lowest BCUT2D eigenvalue weighted by Gasteiger charge is -2.25. The number of H-pyrrole nitrogens is 1. The van der Waals surface area contributed by atoms with Crippen LogP contribution in [0.3, 0.4) is 0 Å². The fourth-order valence-electron chi connectivity index (χ4n) is 2.40. The van der Waals surface area contributed by atoms with Gasteiger partial charge in [0.05, 0.1) is 0 Å². The quantitative estimate of drug-likeness (QED) is 0.843. The van der Waals surface area contributed by atoms with Gasteiger partial charge in [0.2, 0.25) is 0 Å². The van der Waals surface area contributed by atoms with Gasteiger partial charge in [-0.1, -0.05) is 18.6 Å². The average Bonchev–Trinajstić information content (AvgIpc) is 2.25. The highest BCUT2D eigenvalue weighted by Crippen LogP contribution is 2.36. The number of fused-ring (bicyclic) bond motifs is 1. The zero-order valence-corrected chi connectivity index (χ0v) is 9.90. The summed E-state index contributed by atoms with van der Waals surface area (Å²) in [6, 6.07) is 7.56. The molecule has 0 spiro atoms. The molecule has 1 aromatic heterocycles. The van der Waals surface area contributed by atoms with Crippen molar-refractivity contribution in [1.29, 1.82) is 0 Å². The molecule has 0 aliphatic heterocycles. The van der Waals surface area contributed by atoms with Gasteiger partial charge in [0.25, 0.3) is 11.5 Å². The number of nitrogens with two attached hydrogens (primary N) is 1. The number of hydrogen-bond acceptors (Lipinski definition) is 2. The summed E-state index contributed by atoms with van der Waals surface area (Å²) in [6.07, 6.45) is 3.71. The van der Waals surface area contributed by atoms with E-state index in [0.717, 1.165) is 10.9 Å². The van der Waals surface area contributed by atoms with Gasteiger partial charge in [0.1, 0.15) is 5.56 Å². The van der Waals surface area contributed by atoms with Gasteiger partial charge < -0.3 is 10.7 Å². The van der Waals surface area contributed by atoms with E-state index < -0.39 is 11.5 Å². The molecule has 2 aromatic rings. The van der Waals surface area contributed by atoms with E-state index in [4.69, 9.17) is 5.73 Å². The minimum Gasteiger partial charge on any atom is -0.365 e. The van der Waals surface area contributed by atoms with Crippen LogP contribution in [0.15, 0.2) is 29.1 Å². The summed E-state index contributed by atoms with van der Waals surface area (Å²) in [7, 11) is 0. The molecule has 1 aliphatic carbocycles. The summed E-state index contributed by atoms with van der Waals surface area (Å²) in [5.74, 6) is -0.0741.